The van der Waals surface area contributed by atoms with Crippen molar-refractivity contribution < 1.29 is 9.53 Å². The zero-order chi connectivity index (χ0) is 13.4. The van der Waals surface area contributed by atoms with E-state index in [9.17, 15) is 4.79 Å². The summed E-state index contributed by atoms with van der Waals surface area (Å²) < 4.78 is 5.30. The predicted molar refractivity (Wildman–Crippen MR) is 70.5 cm³/mol. The maximum Gasteiger partial charge on any atom is 0.225 e. The molecule has 2 atom stereocenters. The number of methoxy groups -OCH3 is 1. The van der Waals surface area contributed by atoms with Gasteiger partial charge in [-0.15, -0.1) is 0 Å². The Bertz CT molecular complexity index is 511. The van der Waals surface area contributed by atoms with Crippen LogP contribution in [0, 0.1) is 5.92 Å². The van der Waals surface area contributed by atoms with Crippen molar-refractivity contribution in [3.05, 3.63) is 11.5 Å². The first kappa shape index (κ1) is 12.5. The molecule has 2 aliphatic heterocycles. The number of fused-ring (bicyclic) bond motifs is 1. The Morgan fingerprint density at radius 1 is 1.53 bits per heavy atom. The molecule has 1 N–H and O–H groups in total. The van der Waals surface area contributed by atoms with Crippen LogP contribution >= 0.6 is 11.6 Å². The van der Waals surface area contributed by atoms with Crippen LogP contribution in [0.5, 0.6) is 5.75 Å². The van der Waals surface area contributed by atoms with Gasteiger partial charge in [0.15, 0.2) is 16.7 Å². The normalized spacial score (nSPS) is 26.0. The Hall–Kier alpha value is -1.56. The van der Waals surface area contributed by atoms with Crippen LogP contribution in [0.2, 0.25) is 5.15 Å². The Balaban J connectivity index is 1.97. The van der Waals surface area contributed by atoms with Crippen LogP contribution in [0.3, 0.4) is 0 Å². The molecule has 1 amide bonds. The van der Waals surface area contributed by atoms with Gasteiger partial charge in [0, 0.05) is 13.1 Å². The highest BCUT2D eigenvalue weighted by Crippen LogP contribution is 2.37. The molecule has 1 aromatic rings. The number of carbonyl (C=O) groups excluding carboxylic acids is 1. The molecule has 0 spiro atoms. The number of anilines is 1. The summed E-state index contributed by atoms with van der Waals surface area (Å²) in [6.07, 6.45) is 3.31. The minimum absolute atomic E-state index is 0.0344. The second-order valence-corrected chi connectivity index (χ2v) is 5.13. The third kappa shape index (κ3) is 2.00. The second-order valence-electron chi connectivity index (χ2n) is 4.78. The Morgan fingerprint density at radius 3 is 3.16 bits per heavy atom. The van der Waals surface area contributed by atoms with Crippen LogP contribution in [0.1, 0.15) is 12.8 Å². The van der Waals surface area contributed by atoms with E-state index < -0.39 is 0 Å². The fraction of sp³-hybridized carbons (Fsp3) is 0.583. The Morgan fingerprint density at radius 2 is 2.37 bits per heavy atom. The van der Waals surface area contributed by atoms with Crippen molar-refractivity contribution in [3.8, 4) is 5.75 Å². The lowest BCUT2D eigenvalue weighted by Crippen LogP contribution is -2.46. The molecular weight excluding hydrogens is 268 g/mol. The molecule has 7 heteroatoms. The maximum absolute atomic E-state index is 11.8. The number of piperidine rings is 1. The van der Waals surface area contributed by atoms with E-state index in [0.29, 0.717) is 23.3 Å². The molecule has 1 aromatic heterocycles. The van der Waals surface area contributed by atoms with Crippen molar-refractivity contribution in [1.82, 2.24) is 15.3 Å². The summed E-state index contributed by atoms with van der Waals surface area (Å²) in [4.78, 5) is 22.1. The van der Waals surface area contributed by atoms with E-state index in [2.05, 4.69) is 20.2 Å². The van der Waals surface area contributed by atoms with Gasteiger partial charge in [-0.25, -0.2) is 9.97 Å². The molecule has 19 heavy (non-hydrogen) atoms. The fourth-order valence-corrected chi connectivity index (χ4v) is 3.14. The van der Waals surface area contributed by atoms with Crippen molar-refractivity contribution in [1.29, 1.82) is 0 Å². The second kappa shape index (κ2) is 4.85. The minimum Gasteiger partial charge on any atom is -0.490 e. The first-order valence-electron chi connectivity index (χ1n) is 6.31. The molecular formula is C12H15ClN4O2. The number of carbonyl (C=O) groups is 1. The van der Waals surface area contributed by atoms with Crippen LogP contribution in [-0.4, -0.2) is 42.1 Å². The van der Waals surface area contributed by atoms with Gasteiger partial charge in [0.2, 0.25) is 5.91 Å². The van der Waals surface area contributed by atoms with Crippen molar-refractivity contribution in [2.45, 2.75) is 18.9 Å². The number of hydrogen-bond acceptors (Lipinski definition) is 5. The minimum atomic E-state index is 0.0344. The lowest BCUT2D eigenvalue weighted by atomic mass is 9.91. The molecule has 3 heterocycles. The zero-order valence-electron chi connectivity index (χ0n) is 10.6. The smallest absolute Gasteiger partial charge is 0.225 e. The van der Waals surface area contributed by atoms with Gasteiger partial charge in [0.05, 0.1) is 19.1 Å². The van der Waals surface area contributed by atoms with Gasteiger partial charge in [-0.1, -0.05) is 11.6 Å². The van der Waals surface area contributed by atoms with Crippen molar-refractivity contribution >= 4 is 23.3 Å². The fourth-order valence-electron chi connectivity index (χ4n) is 2.94. The highest BCUT2D eigenvalue weighted by Gasteiger charge is 2.42. The average Bonchev–Trinajstić information content (AvgIpc) is 2.80. The molecule has 0 saturated carbocycles. The number of nitrogens with zero attached hydrogens (tertiary/aromatic N) is 3. The van der Waals surface area contributed by atoms with Crippen molar-refractivity contribution in [3.63, 3.8) is 0 Å². The van der Waals surface area contributed by atoms with Crippen molar-refractivity contribution in [2.75, 3.05) is 25.1 Å². The van der Waals surface area contributed by atoms with Gasteiger partial charge >= 0.3 is 0 Å². The first-order valence-corrected chi connectivity index (χ1v) is 6.69. The molecule has 0 bridgehead atoms. The molecule has 2 fully saturated rings. The number of rotatable bonds is 2. The monoisotopic (exact) mass is 282 g/mol. The van der Waals surface area contributed by atoms with Crippen LogP contribution in [0.15, 0.2) is 6.33 Å². The number of aromatic nitrogens is 2. The summed E-state index contributed by atoms with van der Waals surface area (Å²) in [6, 6.07) is 0.126. The van der Waals surface area contributed by atoms with Crippen LogP contribution < -0.4 is 15.0 Å². The predicted octanol–water partition coefficient (Wildman–Crippen LogP) is 0.853. The lowest BCUT2D eigenvalue weighted by Gasteiger charge is -2.37. The van der Waals surface area contributed by atoms with Gasteiger partial charge < -0.3 is 15.0 Å². The van der Waals surface area contributed by atoms with Gasteiger partial charge in [0.1, 0.15) is 6.33 Å². The van der Waals surface area contributed by atoms with Crippen molar-refractivity contribution in [2.24, 2.45) is 5.92 Å². The molecule has 2 saturated heterocycles. The van der Waals surface area contributed by atoms with Crippen LogP contribution in [0.25, 0.3) is 0 Å². The molecule has 0 radical (unpaired) electrons. The van der Waals surface area contributed by atoms with E-state index in [1.54, 1.807) is 7.11 Å². The SMILES string of the molecule is COc1c(Cl)ncnc1N1CCCC2C(=O)NCC21. The summed E-state index contributed by atoms with van der Waals surface area (Å²) in [7, 11) is 1.55. The average molecular weight is 283 g/mol. The summed E-state index contributed by atoms with van der Waals surface area (Å²) in [5.74, 6) is 1.32. The van der Waals surface area contributed by atoms with E-state index in [1.807, 2.05) is 0 Å². The molecule has 6 nitrogen and oxygen atoms in total. The third-order valence-corrected chi connectivity index (χ3v) is 4.09. The van der Waals surface area contributed by atoms with Gasteiger partial charge in [-0.2, -0.15) is 0 Å². The van der Waals surface area contributed by atoms with Gasteiger partial charge in [-0.3, -0.25) is 4.79 Å². The van der Waals surface area contributed by atoms with Crippen LogP contribution in [0.4, 0.5) is 5.82 Å². The van der Waals surface area contributed by atoms with E-state index in [-0.39, 0.29) is 17.9 Å². The topological polar surface area (TPSA) is 67.4 Å². The molecule has 2 unspecified atom stereocenters. The lowest BCUT2D eigenvalue weighted by molar-refractivity contribution is -0.123. The largest absolute Gasteiger partial charge is 0.490 e. The molecule has 102 valence electrons. The Labute approximate surface area is 116 Å². The van der Waals surface area contributed by atoms with E-state index in [0.717, 1.165) is 19.4 Å². The van der Waals surface area contributed by atoms with Gasteiger partial charge in [-0.05, 0) is 12.8 Å². The molecule has 2 aliphatic rings. The zero-order valence-corrected chi connectivity index (χ0v) is 11.4. The third-order valence-electron chi connectivity index (χ3n) is 3.82. The number of hydrogen-bond donors (Lipinski definition) is 1. The number of amides is 1. The standard InChI is InChI=1S/C12H15ClN4O2/c1-19-9-10(13)15-6-16-11(9)17-4-2-3-7-8(17)5-14-12(7)18/h6-8H,2-5H2,1H3,(H,14,18). The first-order chi connectivity index (χ1) is 9.22. The maximum atomic E-state index is 11.8. The summed E-state index contributed by atoms with van der Waals surface area (Å²) in [6.45, 7) is 1.49. The summed E-state index contributed by atoms with van der Waals surface area (Å²) in [5.41, 5.74) is 0. The van der Waals surface area contributed by atoms with E-state index in [4.69, 9.17) is 16.3 Å². The summed E-state index contributed by atoms with van der Waals surface area (Å²) >= 11 is 6.03. The number of ether oxygens (including phenoxy) is 1. The van der Waals surface area contributed by atoms with Gasteiger partial charge in [0.25, 0.3) is 0 Å². The summed E-state index contributed by atoms with van der Waals surface area (Å²) in [5, 5.41) is 3.21. The van der Waals surface area contributed by atoms with E-state index >= 15 is 0 Å². The van der Waals surface area contributed by atoms with E-state index in [1.165, 1.54) is 6.33 Å². The Kier molecular flexibility index (Phi) is 3.18. The van der Waals surface area contributed by atoms with Crippen LogP contribution in [-0.2, 0) is 4.79 Å². The highest BCUT2D eigenvalue weighted by molar-refractivity contribution is 6.31. The molecule has 0 aliphatic carbocycles. The number of nitrogens with one attached hydrogen (secondary N) is 1. The highest BCUT2D eigenvalue weighted by atomic mass is 35.5. The molecule has 0 aromatic carbocycles. The number of halogens is 1. The molecule has 3 rings (SSSR count). The quantitative estimate of drug-likeness (QED) is 0.815.